The second-order valence-electron chi connectivity index (χ2n) is 4.63. The van der Waals surface area contributed by atoms with E-state index in [0.29, 0.717) is 5.56 Å². The van der Waals surface area contributed by atoms with Crippen molar-refractivity contribution in [1.82, 2.24) is 0 Å². The molecule has 0 spiro atoms. The van der Waals surface area contributed by atoms with Gasteiger partial charge in [-0.2, -0.15) is 0 Å². The number of primary amides is 1. The Labute approximate surface area is 117 Å². The summed E-state index contributed by atoms with van der Waals surface area (Å²) in [7, 11) is 0. The van der Waals surface area contributed by atoms with Crippen LogP contribution in [0.15, 0.2) is 24.3 Å². The van der Waals surface area contributed by atoms with Gasteiger partial charge in [-0.15, -0.1) is 11.3 Å². The number of aryl methyl sites for hydroxylation is 2. The lowest BCUT2D eigenvalue weighted by molar-refractivity contribution is 0.1000. The second-order valence-corrected chi connectivity index (χ2v) is 6.09. The van der Waals surface area contributed by atoms with Crippen LogP contribution >= 0.6 is 11.3 Å². The summed E-state index contributed by atoms with van der Waals surface area (Å²) in [6.07, 6.45) is 0. The zero-order chi connectivity index (χ0) is 14.0. The molecule has 0 radical (unpaired) electrons. The van der Waals surface area contributed by atoms with Gasteiger partial charge in [0.1, 0.15) is 0 Å². The molecule has 1 aromatic heterocycles. The zero-order valence-corrected chi connectivity index (χ0v) is 12.2. The smallest absolute Gasteiger partial charge is 0.249 e. The third kappa shape index (κ3) is 2.96. The van der Waals surface area contributed by atoms with Crippen LogP contribution in [0.25, 0.3) is 0 Å². The summed E-state index contributed by atoms with van der Waals surface area (Å²) in [6.45, 7) is 6.91. The van der Waals surface area contributed by atoms with Gasteiger partial charge >= 0.3 is 0 Å². The lowest BCUT2D eigenvalue weighted by atomic mass is 10.1. The maximum atomic E-state index is 11.3. The van der Waals surface area contributed by atoms with Gasteiger partial charge in [0.25, 0.3) is 0 Å². The third-order valence-corrected chi connectivity index (χ3v) is 4.22. The first-order valence-electron chi connectivity index (χ1n) is 6.18. The van der Waals surface area contributed by atoms with Crippen LogP contribution in [0.3, 0.4) is 0 Å². The Bertz CT molecular complexity index is 617. The molecule has 2 rings (SSSR count). The van der Waals surface area contributed by atoms with E-state index in [1.807, 2.05) is 19.1 Å². The van der Waals surface area contributed by atoms with Gasteiger partial charge in [0.05, 0.1) is 0 Å². The van der Waals surface area contributed by atoms with Gasteiger partial charge in [-0.25, -0.2) is 0 Å². The Morgan fingerprint density at radius 2 is 2.05 bits per heavy atom. The lowest BCUT2D eigenvalue weighted by Gasteiger charge is -2.11. The Kier molecular flexibility index (Phi) is 3.90. The molecule has 0 saturated heterocycles. The predicted molar refractivity (Wildman–Crippen MR) is 80.8 cm³/mol. The van der Waals surface area contributed by atoms with Crippen molar-refractivity contribution < 1.29 is 4.79 Å². The molecular weight excluding hydrogens is 256 g/mol. The van der Waals surface area contributed by atoms with Gasteiger partial charge in [0, 0.05) is 27.5 Å². The molecule has 0 unspecified atom stereocenters. The van der Waals surface area contributed by atoms with Crippen LogP contribution in [-0.2, 0) is 6.54 Å². The van der Waals surface area contributed by atoms with E-state index in [2.05, 4.69) is 25.2 Å². The number of hydrogen-bond acceptors (Lipinski definition) is 3. The number of nitrogens with two attached hydrogens (primary N) is 1. The van der Waals surface area contributed by atoms with Crippen molar-refractivity contribution in [3.63, 3.8) is 0 Å². The Balaban J connectivity index is 2.18. The summed E-state index contributed by atoms with van der Waals surface area (Å²) in [4.78, 5) is 13.9. The summed E-state index contributed by atoms with van der Waals surface area (Å²) in [5.41, 5.74) is 9.08. The maximum absolute atomic E-state index is 11.3. The van der Waals surface area contributed by atoms with E-state index < -0.39 is 0 Å². The van der Waals surface area contributed by atoms with Gasteiger partial charge in [-0.05, 0) is 50.1 Å². The molecule has 3 N–H and O–H groups in total. The first-order valence-corrected chi connectivity index (χ1v) is 7.00. The van der Waals surface area contributed by atoms with E-state index >= 15 is 0 Å². The van der Waals surface area contributed by atoms with Crippen molar-refractivity contribution in [2.75, 3.05) is 5.32 Å². The fraction of sp³-hybridized carbons (Fsp3) is 0.267. The quantitative estimate of drug-likeness (QED) is 0.898. The van der Waals surface area contributed by atoms with E-state index in [9.17, 15) is 4.79 Å². The van der Waals surface area contributed by atoms with Gasteiger partial charge in [-0.1, -0.05) is 6.07 Å². The first kappa shape index (κ1) is 13.6. The minimum absolute atomic E-state index is 0.385. The fourth-order valence-corrected chi connectivity index (χ4v) is 3.09. The average Bonchev–Trinajstić information content (AvgIpc) is 2.66. The molecule has 4 heteroatoms. The topological polar surface area (TPSA) is 55.1 Å². The molecule has 0 aliphatic heterocycles. The molecule has 1 heterocycles. The van der Waals surface area contributed by atoms with Gasteiger partial charge < -0.3 is 11.1 Å². The lowest BCUT2D eigenvalue weighted by Crippen LogP contribution is -2.13. The molecule has 100 valence electrons. The molecule has 3 nitrogen and oxygen atoms in total. The molecule has 0 aliphatic rings. The van der Waals surface area contributed by atoms with Crippen LogP contribution in [0, 0.1) is 20.8 Å². The molecule has 0 aliphatic carbocycles. The number of carbonyl (C=O) groups is 1. The normalized spacial score (nSPS) is 10.5. The number of rotatable bonds is 4. The van der Waals surface area contributed by atoms with Crippen molar-refractivity contribution >= 4 is 22.9 Å². The van der Waals surface area contributed by atoms with E-state index in [0.717, 1.165) is 17.8 Å². The number of anilines is 1. The van der Waals surface area contributed by atoms with Crippen LogP contribution in [0.5, 0.6) is 0 Å². The summed E-state index contributed by atoms with van der Waals surface area (Å²) < 4.78 is 0. The monoisotopic (exact) mass is 274 g/mol. The van der Waals surface area contributed by atoms with Crippen molar-refractivity contribution in [3.8, 4) is 0 Å². The van der Waals surface area contributed by atoms with E-state index in [1.54, 1.807) is 17.4 Å². The molecule has 0 bridgehead atoms. The number of nitrogens with one attached hydrogen (secondary N) is 1. The number of amides is 1. The van der Waals surface area contributed by atoms with Crippen molar-refractivity contribution in [2.24, 2.45) is 5.73 Å². The summed E-state index contributed by atoms with van der Waals surface area (Å²) in [5.74, 6) is -0.385. The number of benzene rings is 1. The number of hydrogen-bond donors (Lipinski definition) is 2. The second kappa shape index (κ2) is 5.45. The summed E-state index contributed by atoms with van der Waals surface area (Å²) in [6, 6.07) is 7.76. The standard InChI is InChI=1S/C15H18N2OS/c1-9-7-12(11(3)19-9)8-17-14-6-4-5-13(10(14)2)15(16)18/h4-7,17H,8H2,1-3H3,(H2,16,18). The SMILES string of the molecule is Cc1cc(CNc2cccc(C(N)=O)c2C)c(C)s1. The Hall–Kier alpha value is -1.81. The van der Waals surface area contributed by atoms with E-state index in [1.165, 1.54) is 15.3 Å². The van der Waals surface area contributed by atoms with Gasteiger partial charge in [-0.3, -0.25) is 4.79 Å². The minimum Gasteiger partial charge on any atom is -0.381 e. The highest BCUT2D eigenvalue weighted by Crippen LogP contribution is 2.23. The predicted octanol–water partition coefficient (Wildman–Crippen LogP) is 3.38. The molecule has 1 aromatic carbocycles. The molecule has 0 fully saturated rings. The van der Waals surface area contributed by atoms with E-state index in [4.69, 9.17) is 5.73 Å². The van der Waals surface area contributed by atoms with Crippen molar-refractivity contribution in [2.45, 2.75) is 27.3 Å². The molecule has 19 heavy (non-hydrogen) atoms. The highest BCUT2D eigenvalue weighted by molar-refractivity contribution is 7.12. The molecular formula is C15H18N2OS. The Morgan fingerprint density at radius 3 is 2.63 bits per heavy atom. The number of thiophene rings is 1. The average molecular weight is 274 g/mol. The third-order valence-electron chi connectivity index (χ3n) is 3.21. The van der Waals surface area contributed by atoms with E-state index in [-0.39, 0.29) is 5.91 Å². The van der Waals surface area contributed by atoms with Gasteiger partial charge in [0.15, 0.2) is 0 Å². The summed E-state index contributed by atoms with van der Waals surface area (Å²) >= 11 is 1.80. The van der Waals surface area contributed by atoms with Crippen LogP contribution < -0.4 is 11.1 Å². The molecule has 0 saturated carbocycles. The molecule has 2 aromatic rings. The van der Waals surface area contributed by atoms with Crippen LogP contribution in [-0.4, -0.2) is 5.91 Å². The van der Waals surface area contributed by atoms with Crippen LogP contribution in [0.1, 0.15) is 31.2 Å². The highest BCUT2D eigenvalue weighted by atomic mass is 32.1. The maximum Gasteiger partial charge on any atom is 0.249 e. The minimum atomic E-state index is -0.385. The van der Waals surface area contributed by atoms with Crippen LogP contribution in [0.2, 0.25) is 0 Å². The molecule has 0 atom stereocenters. The molecule has 1 amide bonds. The van der Waals surface area contributed by atoms with Crippen molar-refractivity contribution in [1.29, 1.82) is 0 Å². The fourth-order valence-electron chi connectivity index (χ4n) is 2.14. The zero-order valence-electron chi connectivity index (χ0n) is 11.4. The first-order chi connectivity index (χ1) is 8.99. The van der Waals surface area contributed by atoms with Gasteiger partial charge in [0.2, 0.25) is 5.91 Å². The summed E-state index contributed by atoms with van der Waals surface area (Å²) in [5, 5.41) is 3.38. The number of carbonyl (C=O) groups excluding carboxylic acids is 1. The van der Waals surface area contributed by atoms with Crippen molar-refractivity contribution in [3.05, 3.63) is 50.7 Å². The Morgan fingerprint density at radius 1 is 1.32 bits per heavy atom. The highest BCUT2D eigenvalue weighted by Gasteiger charge is 2.09. The van der Waals surface area contributed by atoms with Crippen LogP contribution in [0.4, 0.5) is 5.69 Å². The largest absolute Gasteiger partial charge is 0.381 e.